The molecule has 2 N–H and O–H groups in total. The number of aliphatic carboxylic acids is 2. The van der Waals surface area contributed by atoms with Gasteiger partial charge in [0.25, 0.3) is 0 Å². The molecular weight excluding hydrogens is 288 g/mol. The number of carboxylic acid groups (broad SMARTS) is 2. The molecule has 22 heavy (non-hydrogen) atoms. The van der Waals surface area contributed by atoms with Gasteiger partial charge in [-0.2, -0.15) is 5.10 Å². The number of benzene rings is 1. The Bertz CT molecular complexity index is 497. The third-order valence-electron chi connectivity index (χ3n) is 2.65. The van der Waals surface area contributed by atoms with E-state index in [9.17, 15) is 9.59 Å². The van der Waals surface area contributed by atoms with Gasteiger partial charge in [-0.25, -0.2) is 0 Å². The fourth-order valence-electron chi connectivity index (χ4n) is 1.58. The number of hydrogen-bond acceptors (Lipinski definition) is 5. The highest BCUT2D eigenvalue weighted by atomic mass is 16.5. The normalized spacial score (nSPS) is 10.6. The number of carbonyl (C=O) groups is 2. The molecule has 0 unspecified atom stereocenters. The first kappa shape index (κ1) is 17.5. The van der Waals surface area contributed by atoms with E-state index < -0.39 is 25.0 Å². The third kappa shape index (κ3) is 7.28. The summed E-state index contributed by atoms with van der Waals surface area (Å²) in [5, 5.41) is 22.3. The van der Waals surface area contributed by atoms with Crippen LogP contribution in [0.5, 0.6) is 5.75 Å². The quantitative estimate of drug-likeness (QED) is 0.387. The van der Waals surface area contributed by atoms with E-state index in [0.29, 0.717) is 6.61 Å². The van der Waals surface area contributed by atoms with Gasteiger partial charge in [-0.05, 0) is 36.2 Å². The Hall–Kier alpha value is -2.57. The largest absolute Gasteiger partial charge is 0.494 e. The Balaban J connectivity index is 2.62. The first-order valence-electron chi connectivity index (χ1n) is 6.96. The lowest BCUT2D eigenvalue weighted by Gasteiger charge is -2.13. The molecule has 0 aliphatic heterocycles. The molecule has 0 aliphatic carbocycles. The van der Waals surface area contributed by atoms with Crippen LogP contribution in [0.2, 0.25) is 0 Å². The maximum Gasteiger partial charge on any atom is 0.324 e. The highest BCUT2D eigenvalue weighted by Gasteiger charge is 2.10. The van der Waals surface area contributed by atoms with E-state index in [-0.39, 0.29) is 0 Å². The standard InChI is InChI=1S/C15H20N2O5/c1-2-3-8-22-13-6-4-12(5-7-13)9-16-17(10-14(18)19)11-15(20)21/h4-7,9H,2-3,8,10-11H2,1H3,(H,18,19)(H,20,21)/b16-9-. The molecule has 0 atom stereocenters. The number of ether oxygens (including phenoxy) is 1. The van der Waals surface area contributed by atoms with Gasteiger partial charge in [-0.1, -0.05) is 13.3 Å². The summed E-state index contributed by atoms with van der Waals surface area (Å²) in [5.41, 5.74) is 0.726. The average molecular weight is 308 g/mol. The van der Waals surface area contributed by atoms with E-state index in [1.54, 1.807) is 24.3 Å². The molecule has 0 bridgehead atoms. The summed E-state index contributed by atoms with van der Waals surface area (Å²) in [6.07, 6.45) is 3.47. The molecule has 7 heteroatoms. The maximum atomic E-state index is 10.6. The summed E-state index contributed by atoms with van der Waals surface area (Å²) in [7, 11) is 0. The van der Waals surface area contributed by atoms with Crippen molar-refractivity contribution in [3.05, 3.63) is 29.8 Å². The minimum atomic E-state index is -1.14. The van der Waals surface area contributed by atoms with Gasteiger partial charge in [0.2, 0.25) is 0 Å². The van der Waals surface area contributed by atoms with Gasteiger partial charge < -0.3 is 14.9 Å². The predicted octanol–water partition coefficient (Wildman–Crippen LogP) is 1.67. The number of hydrazone groups is 1. The van der Waals surface area contributed by atoms with Crippen LogP contribution in [0.3, 0.4) is 0 Å². The zero-order valence-corrected chi connectivity index (χ0v) is 12.4. The van der Waals surface area contributed by atoms with Gasteiger partial charge in [0.15, 0.2) is 0 Å². The average Bonchev–Trinajstić information content (AvgIpc) is 2.45. The van der Waals surface area contributed by atoms with Crippen molar-refractivity contribution in [2.24, 2.45) is 5.10 Å². The fourth-order valence-corrected chi connectivity index (χ4v) is 1.58. The van der Waals surface area contributed by atoms with Crippen LogP contribution in [0.25, 0.3) is 0 Å². The first-order valence-corrected chi connectivity index (χ1v) is 6.96. The summed E-state index contributed by atoms with van der Waals surface area (Å²) in [4.78, 5) is 21.3. The van der Waals surface area contributed by atoms with Gasteiger partial charge in [0.05, 0.1) is 12.8 Å². The van der Waals surface area contributed by atoms with Crippen molar-refractivity contribution < 1.29 is 24.5 Å². The van der Waals surface area contributed by atoms with Crippen LogP contribution >= 0.6 is 0 Å². The molecule has 0 saturated heterocycles. The molecule has 0 aliphatic rings. The van der Waals surface area contributed by atoms with Crippen LogP contribution in [0.1, 0.15) is 25.3 Å². The van der Waals surface area contributed by atoms with Crippen molar-refractivity contribution in [1.29, 1.82) is 0 Å². The molecule has 0 fully saturated rings. The molecule has 1 rings (SSSR count). The highest BCUT2D eigenvalue weighted by molar-refractivity contribution is 5.80. The smallest absolute Gasteiger partial charge is 0.324 e. The predicted molar refractivity (Wildman–Crippen MR) is 81.3 cm³/mol. The van der Waals surface area contributed by atoms with Crippen LogP contribution in [-0.4, -0.2) is 53.1 Å². The minimum Gasteiger partial charge on any atom is -0.494 e. The van der Waals surface area contributed by atoms with Crippen molar-refractivity contribution in [1.82, 2.24) is 5.01 Å². The zero-order chi connectivity index (χ0) is 16.4. The summed E-state index contributed by atoms with van der Waals surface area (Å²) in [6.45, 7) is 1.81. The second-order valence-corrected chi connectivity index (χ2v) is 4.63. The van der Waals surface area contributed by atoms with E-state index in [1.807, 2.05) is 0 Å². The van der Waals surface area contributed by atoms with Crippen molar-refractivity contribution in [3.8, 4) is 5.75 Å². The Labute approximate surface area is 128 Å². The Kier molecular flexibility index (Phi) is 7.45. The summed E-state index contributed by atoms with van der Waals surface area (Å²) in [6, 6.07) is 7.11. The van der Waals surface area contributed by atoms with Gasteiger partial charge in [0, 0.05) is 0 Å². The van der Waals surface area contributed by atoms with Crippen molar-refractivity contribution in [3.63, 3.8) is 0 Å². The van der Waals surface area contributed by atoms with E-state index in [4.69, 9.17) is 14.9 Å². The van der Waals surface area contributed by atoms with E-state index in [1.165, 1.54) is 6.21 Å². The van der Waals surface area contributed by atoms with Crippen LogP contribution in [0, 0.1) is 0 Å². The van der Waals surface area contributed by atoms with E-state index in [2.05, 4.69) is 12.0 Å². The van der Waals surface area contributed by atoms with E-state index >= 15 is 0 Å². The second-order valence-electron chi connectivity index (χ2n) is 4.63. The highest BCUT2D eigenvalue weighted by Crippen LogP contribution is 2.11. The van der Waals surface area contributed by atoms with Crippen LogP contribution in [-0.2, 0) is 9.59 Å². The molecule has 1 aromatic carbocycles. The molecule has 7 nitrogen and oxygen atoms in total. The third-order valence-corrected chi connectivity index (χ3v) is 2.65. The molecule has 0 radical (unpaired) electrons. The lowest BCUT2D eigenvalue weighted by atomic mass is 10.2. The van der Waals surface area contributed by atoms with Gasteiger partial charge >= 0.3 is 11.9 Å². The number of nitrogens with zero attached hydrogens (tertiary/aromatic N) is 2. The van der Waals surface area contributed by atoms with Crippen molar-refractivity contribution >= 4 is 18.2 Å². The monoisotopic (exact) mass is 308 g/mol. The van der Waals surface area contributed by atoms with Crippen LogP contribution in [0.4, 0.5) is 0 Å². The number of hydrogen-bond donors (Lipinski definition) is 2. The summed E-state index contributed by atoms with van der Waals surface area (Å²) in [5.74, 6) is -1.53. The zero-order valence-electron chi connectivity index (χ0n) is 12.4. The number of unbranched alkanes of at least 4 members (excludes halogenated alkanes) is 1. The van der Waals surface area contributed by atoms with Gasteiger partial charge in [-0.3, -0.25) is 14.6 Å². The molecule has 0 aromatic heterocycles. The number of rotatable bonds is 10. The molecule has 0 saturated carbocycles. The Morgan fingerprint density at radius 2 is 1.77 bits per heavy atom. The van der Waals surface area contributed by atoms with Crippen LogP contribution < -0.4 is 4.74 Å². The maximum absolute atomic E-state index is 10.6. The molecule has 0 heterocycles. The summed E-state index contributed by atoms with van der Waals surface area (Å²) < 4.78 is 5.52. The summed E-state index contributed by atoms with van der Waals surface area (Å²) >= 11 is 0. The number of carboxylic acids is 2. The molecule has 0 spiro atoms. The second kappa shape index (κ2) is 9.38. The van der Waals surface area contributed by atoms with E-state index in [0.717, 1.165) is 29.2 Å². The topological polar surface area (TPSA) is 99.4 Å². The molecular formula is C15H20N2O5. The molecule has 120 valence electrons. The lowest BCUT2D eigenvalue weighted by molar-refractivity contribution is -0.141. The molecule has 0 amide bonds. The minimum absolute atomic E-state index is 0.471. The fraction of sp³-hybridized carbons (Fsp3) is 0.400. The first-order chi connectivity index (χ1) is 10.5. The van der Waals surface area contributed by atoms with Crippen molar-refractivity contribution in [2.45, 2.75) is 19.8 Å². The SMILES string of the molecule is CCCCOc1ccc(/C=N\N(CC(=O)O)CC(=O)O)cc1. The van der Waals surface area contributed by atoms with Crippen molar-refractivity contribution in [2.75, 3.05) is 19.7 Å². The van der Waals surface area contributed by atoms with Gasteiger partial charge in [-0.15, -0.1) is 0 Å². The lowest BCUT2D eigenvalue weighted by Crippen LogP contribution is -2.30. The Morgan fingerprint density at radius 1 is 1.18 bits per heavy atom. The Morgan fingerprint density at radius 3 is 2.27 bits per heavy atom. The molecule has 1 aromatic rings. The van der Waals surface area contributed by atoms with Gasteiger partial charge in [0.1, 0.15) is 18.8 Å². The van der Waals surface area contributed by atoms with Crippen LogP contribution in [0.15, 0.2) is 29.4 Å².